The lowest BCUT2D eigenvalue weighted by atomic mass is 10.1. The number of aromatic nitrogens is 2. The molecule has 2 aliphatic rings. The Hall–Kier alpha value is -4.01. The third kappa shape index (κ3) is 6.41. The molecule has 1 saturated heterocycles. The highest BCUT2D eigenvalue weighted by Crippen LogP contribution is 2.33. The minimum atomic E-state index is -4.54. The van der Waals surface area contributed by atoms with E-state index in [1.165, 1.54) is 24.5 Å². The van der Waals surface area contributed by atoms with E-state index < -0.39 is 17.6 Å². The molecule has 210 valence electrons. The van der Waals surface area contributed by atoms with Crippen molar-refractivity contribution in [2.75, 3.05) is 28.7 Å². The summed E-state index contributed by atoms with van der Waals surface area (Å²) in [6.07, 6.45) is 2.23. The maximum atomic E-state index is 13.6. The van der Waals surface area contributed by atoms with Crippen molar-refractivity contribution in [2.24, 2.45) is 0 Å². The van der Waals surface area contributed by atoms with Gasteiger partial charge in [-0.15, -0.1) is 5.53 Å². The molecular weight excluding hydrogens is 545 g/mol. The number of rotatable bonds is 7. The number of hydrogen-bond donors (Lipinski definition) is 4. The molecule has 10 nitrogen and oxygen atoms in total. The molecule has 0 unspecified atom stereocenters. The molecular formula is C26H27F3N8O2S. The average molecular weight is 573 g/mol. The fraction of sp³-hybridized carbons (Fsp3) is 0.308. The van der Waals surface area contributed by atoms with Gasteiger partial charge in [0, 0.05) is 37.7 Å². The Balaban J connectivity index is 1.35. The summed E-state index contributed by atoms with van der Waals surface area (Å²) in [5.41, 5.74) is 7.76. The van der Waals surface area contributed by atoms with Crippen LogP contribution in [0.25, 0.3) is 5.70 Å². The fourth-order valence-corrected chi connectivity index (χ4v) is 5.31. The first-order valence-corrected chi connectivity index (χ1v) is 13.3. The van der Waals surface area contributed by atoms with Gasteiger partial charge in [-0.1, -0.05) is 11.3 Å². The van der Waals surface area contributed by atoms with E-state index in [4.69, 9.17) is 0 Å². The molecule has 5 rings (SSSR count). The van der Waals surface area contributed by atoms with Crippen LogP contribution < -0.4 is 26.6 Å². The number of likely N-dealkylation sites (tertiary alicyclic amines) is 1. The first-order valence-electron chi connectivity index (χ1n) is 12.5. The molecule has 0 atom stereocenters. The number of hydrogen-bond acceptors (Lipinski definition) is 9. The van der Waals surface area contributed by atoms with Crippen molar-refractivity contribution in [2.45, 2.75) is 39.4 Å². The Bertz CT molecular complexity index is 1470. The van der Waals surface area contributed by atoms with Gasteiger partial charge in [0.25, 0.3) is 5.91 Å². The zero-order chi connectivity index (χ0) is 28.4. The maximum Gasteiger partial charge on any atom is 0.416 e. The number of pyridine rings is 1. The van der Waals surface area contributed by atoms with Gasteiger partial charge in [0.05, 0.1) is 33.1 Å². The van der Waals surface area contributed by atoms with Crippen molar-refractivity contribution >= 4 is 45.4 Å². The van der Waals surface area contributed by atoms with Crippen LogP contribution in [0.3, 0.4) is 0 Å². The quantitative estimate of drug-likeness (QED) is 0.327. The molecule has 0 aliphatic carbocycles. The molecule has 2 aliphatic heterocycles. The highest BCUT2D eigenvalue weighted by atomic mass is 32.1. The Labute approximate surface area is 232 Å². The van der Waals surface area contributed by atoms with Crippen molar-refractivity contribution in [1.82, 2.24) is 25.8 Å². The topological polar surface area (TPSA) is 115 Å². The van der Waals surface area contributed by atoms with E-state index in [2.05, 4.69) is 36.5 Å². The summed E-state index contributed by atoms with van der Waals surface area (Å²) in [6, 6.07) is 5.26. The molecule has 4 heterocycles. The predicted octanol–water partition coefficient (Wildman–Crippen LogP) is 4.50. The van der Waals surface area contributed by atoms with Gasteiger partial charge in [-0.05, 0) is 62.7 Å². The summed E-state index contributed by atoms with van der Waals surface area (Å²) < 4.78 is 40.9. The van der Waals surface area contributed by atoms with Crippen LogP contribution in [0.4, 0.5) is 29.7 Å². The van der Waals surface area contributed by atoms with Crippen molar-refractivity contribution in [3.05, 3.63) is 70.1 Å². The van der Waals surface area contributed by atoms with Crippen LogP contribution in [0.5, 0.6) is 0 Å². The first kappa shape index (κ1) is 27.6. The Morgan fingerprint density at radius 2 is 1.85 bits per heavy atom. The molecule has 0 bridgehead atoms. The number of hydrazine groups is 2. The van der Waals surface area contributed by atoms with Gasteiger partial charge in [-0.25, -0.2) is 4.98 Å². The number of carbonyl (C=O) groups is 2. The number of benzene rings is 1. The van der Waals surface area contributed by atoms with Crippen LogP contribution in [-0.2, 0) is 17.5 Å². The number of aryl methyl sites for hydroxylation is 1. The molecule has 2 aromatic heterocycles. The van der Waals surface area contributed by atoms with Crippen LogP contribution in [-0.4, -0.2) is 39.8 Å². The number of amides is 2. The van der Waals surface area contributed by atoms with E-state index in [-0.39, 0.29) is 17.2 Å². The standard InChI is InChI=1S/C26H27F3N8O2S/c1-15-22(37-14-21(34-35-37)23-12-31-25(40-23)32-16(2)38)9-18(11-30-15)24(39)33-20-8-17(13-36-5-3-4-6-36)7-19(10-20)26(27,28)29/h7-12,14,34-35H,3-6,13H2,1-2H3,(H,33,39)(H,31,32,38). The van der Waals surface area contributed by atoms with Crippen LogP contribution in [0, 0.1) is 6.92 Å². The fourth-order valence-electron chi connectivity index (χ4n) is 4.49. The molecule has 4 N–H and O–H groups in total. The van der Waals surface area contributed by atoms with Crippen LogP contribution in [0.15, 0.2) is 42.9 Å². The zero-order valence-electron chi connectivity index (χ0n) is 21.7. The second-order valence-corrected chi connectivity index (χ2v) is 10.6. The lowest BCUT2D eigenvalue weighted by molar-refractivity contribution is -0.137. The minimum absolute atomic E-state index is 0.0689. The lowest BCUT2D eigenvalue weighted by Gasteiger charge is -2.19. The number of halogens is 3. The second kappa shape index (κ2) is 11.2. The van der Waals surface area contributed by atoms with Gasteiger partial charge in [-0.3, -0.25) is 24.5 Å². The monoisotopic (exact) mass is 572 g/mol. The minimum Gasteiger partial charge on any atom is -0.322 e. The molecule has 1 fully saturated rings. The predicted molar refractivity (Wildman–Crippen MR) is 146 cm³/mol. The van der Waals surface area contributed by atoms with E-state index in [0.717, 1.165) is 42.9 Å². The SMILES string of the molecule is CC(=O)Nc1ncc(C2=CN(c3cc(C(=O)Nc4cc(CN5CCCC5)cc(C(F)(F)F)c4)cnc3C)NN2)s1. The molecule has 0 saturated carbocycles. The van der Waals surface area contributed by atoms with E-state index in [1.807, 2.05) is 0 Å². The van der Waals surface area contributed by atoms with Crippen molar-refractivity contribution < 1.29 is 22.8 Å². The average Bonchev–Trinajstić information content (AvgIpc) is 3.66. The normalized spacial score (nSPS) is 15.6. The van der Waals surface area contributed by atoms with Gasteiger partial charge in [0.1, 0.15) is 0 Å². The van der Waals surface area contributed by atoms with E-state index in [9.17, 15) is 22.8 Å². The molecule has 40 heavy (non-hydrogen) atoms. The summed E-state index contributed by atoms with van der Waals surface area (Å²) >= 11 is 1.28. The molecule has 14 heteroatoms. The second-order valence-electron chi connectivity index (χ2n) is 9.54. The van der Waals surface area contributed by atoms with Crippen molar-refractivity contribution in [3.8, 4) is 0 Å². The highest BCUT2D eigenvalue weighted by molar-refractivity contribution is 7.16. The Morgan fingerprint density at radius 3 is 2.58 bits per heavy atom. The van der Waals surface area contributed by atoms with Gasteiger partial charge in [-0.2, -0.15) is 13.2 Å². The van der Waals surface area contributed by atoms with Gasteiger partial charge < -0.3 is 16.1 Å². The summed E-state index contributed by atoms with van der Waals surface area (Å²) in [6.45, 7) is 5.23. The van der Waals surface area contributed by atoms with Crippen molar-refractivity contribution in [1.29, 1.82) is 0 Å². The third-order valence-electron chi connectivity index (χ3n) is 6.39. The summed E-state index contributed by atoms with van der Waals surface area (Å²) in [5.74, 6) is -0.808. The molecule has 2 amide bonds. The van der Waals surface area contributed by atoms with Gasteiger partial charge in [0.2, 0.25) is 5.91 Å². The smallest absolute Gasteiger partial charge is 0.322 e. The Morgan fingerprint density at radius 1 is 1.07 bits per heavy atom. The first-order chi connectivity index (χ1) is 19.0. The van der Waals surface area contributed by atoms with Gasteiger partial charge >= 0.3 is 6.18 Å². The number of nitrogens with zero attached hydrogens (tertiary/aromatic N) is 4. The van der Waals surface area contributed by atoms with Crippen LogP contribution in [0.1, 0.15) is 51.8 Å². The number of alkyl halides is 3. The Kier molecular flexibility index (Phi) is 7.74. The number of anilines is 3. The largest absolute Gasteiger partial charge is 0.416 e. The van der Waals surface area contributed by atoms with E-state index in [1.54, 1.807) is 36.5 Å². The lowest BCUT2D eigenvalue weighted by Crippen LogP contribution is -2.36. The zero-order valence-corrected chi connectivity index (χ0v) is 22.5. The molecule has 0 spiro atoms. The maximum absolute atomic E-state index is 13.6. The van der Waals surface area contributed by atoms with E-state index >= 15 is 0 Å². The van der Waals surface area contributed by atoms with Gasteiger partial charge in [0.15, 0.2) is 5.13 Å². The number of thiazole rings is 1. The molecule has 1 aromatic carbocycles. The van der Waals surface area contributed by atoms with Crippen LogP contribution >= 0.6 is 11.3 Å². The number of nitrogens with one attached hydrogen (secondary N) is 4. The summed E-state index contributed by atoms with van der Waals surface area (Å²) in [7, 11) is 0. The van der Waals surface area contributed by atoms with Crippen LogP contribution in [0.2, 0.25) is 0 Å². The third-order valence-corrected chi connectivity index (χ3v) is 7.33. The highest BCUT2D eigenvalue weighted by Gasteiger charge is 2.32. The number of carbonyl (C=O) groups excluding carboxylic acids is 2. The molecule has 0 radical (unpaired) electrons. The molecule has 3 aromatic rings. The summed E-state index contributed by atoms with van der Waals surface area (Å²) in [4.78, 5) is 35.8. The van der Waals surface area contributed by atoms with E-state index in [0.29, 0.717) is 34.3 Å². The summed E-state index contributed by atoms with van der Waals surface area (Å²) in [5, 5.41) is 7.34. The van der Waals surface area contributed by atoms with Crippen molar-refractivity contribution in [3.63, 3.8) is 0 Å².